The van der Waals surface area contributed by atoms with Gasteiger partial charge in [-0.15, -0.1) is 0 Å². The predicted molar refractivity (Wildman–Crippen MR) is 113 cm³/mol. The predicted octanol–water partition coefficient (Wildman–Crippen LogP) is 4.43. The molecule has 2 N–H and O–H groups in total. The summed E-state index contributed by atoms with van der Waals surface area (Å²) in [5.41, 5.74) is 0.288. The zero-order valence-electron chi connectivity index (χ0n) is 14.7. The Morgan fingerprint density at radius 2 is 1.17 bits per heavy atom. The molecule has 4 rings (SSSR count). The number of sulfonamides is 1. The molecule has 4 aromatic rings. The highest BCUT2D eigenvalue weighted by atomic mass is 35.7. The Morgan fingerprint density at radius 1 is 0.655 bits per heavy atom. The molecule has 0 bridgehead atoms. The van der Waals surface area contributed by atoms with E-state index in [2.05, 4.69) is 4.72 Å². The second-order valence-corrected chi connectivity index (χ2v) is 10.5. The van der Waals surface area contributed by atoms with Crippen molar-refractivity contribution >= 4 is 57.0 Å². The molecule has 0 aliphatic heterocycles. The third-order valence-electron chi connectivity index (χ3n) is 4.54. The first-order chi connectivity index (χ1) is 13.7. The number of halogens is 1. The minimum Gasteiger partial charge on any atom is -0.507 e. The van der Waals surface area contributed by atoms with Crippen LogP contribution in [0.3, 0.4) is 0 Å². The lowest BCUT2D eigenvalue weighted by Crippen LogP contribution is -2.14. The van der Waals surface area contributed by atoms with E-state index in [1.807, 2.05) is 0 Å². The first-order valence-electron chi connectivity index (χ1n) is 8.38. The van der Waals surface area contributed by atoms with Gasteiger partial charge in [-0.1, -0.05) is 48.5 Å². The summed E-state index contributed by atoms with van der Waals surface area (Å²) < 4.78 is 52.5. The average molecular weight is 448 g/mol. The maximum absolute atomic E-state index is 13.1. The molecule has 0 heterocycles. The molecule has 6 nitrogen and oxygen atoms in total. The average Bonchev–Trinajstić information content (AvgIpc) is 2.67. The zero-order valence-corrected chi connectivity index (χ0v) is 17.1. The van der Waals surface area contributed by atoms with Crippen molar-refractivity contribution in [2.45, 2.75) is 9.79 Å². The Labute approximate surface area is 171 Å². The van der Waals surface area contributed by atoms with Gasteiger partial charge in [0.25, 0.3) is 19.1 Å². The molecule has 0 amide bonds. The van der Waals surface area contributed by atoms with Gasteiger partial charge in [-0.2, -0.15) is 0 Å². The highest BCUT2D eigenvalue weighted by Crippen LogP contribution is 2.34. The van der Waals surface area contributed by atoms with E-state index >= 15 is 0 Å². The lowest BCUT2D eigenvalue weighted by Gasteiger charge is -2.13. The van der Waals surface area contributed by atoms with E-state index in [9.17, 15) is 21.9 Å². The van der Waals surface area contributed by atoms with E-state index in [0.717, 1.165) is 0 Å². The Balaban J connectivity index is 1.90. The van der Waals surface area contributed by atoms with Crippen molar-refractivity contribution in [3.05, 3.63) is 72.8 Å². The third kappa shape index (κ3) is 3.50. The number of phenols is 1. The molecule has 0 aromatic heterocycles. The SMILES string of the molecule is O=S(=O)(Cl)c1cccc2c(S(=O)(=O)Nc3cccc4c(O)cccc34)cccc12. The minimum atomic E-state index is -4.08. The molecular formula is C20H14ClNO5S2. The lowest BCUT2D eigenvalue weighted by atomic mass is 10.1. The number of hydrogen-bond donors (Lipinski definition) is 2. The Kier molecular flexibility index (Phi) is 4.65. The smallest absolute Gasteiger partial charge is 0.262 e. The number of hydrogen-bond acceptors (Lipinski definition) is 5. The molecule has 0 fully saturated rings. The number of benzene rings is 4. The Hall–Kier alpha value is -2.81. The van der Waals surface area contributed by atoms with E-state index in [-0.39, 0.29) is 32.0 Å². The van der Waals surface area contributed by atoms with Crippen LogP contribution in [0.5, 0.6) is 5.75 Å². The van der Waals surface area contributed by atoms with Crippen molar-refractivity contribution in [3.8, 4) is 5.75 Å². The first kappa shape index (κ1) is 19.5. The van der Waals surface area contributed by atoms with Gasteiger partial charge in [-0.25, -0.2) is 16.8 Å². The molecule has 0 spiro atoms. The summed E-state index contributed by atoms with van der Waals surface area (Å²) in [5, 5.41) is 11.5. The summed E-state index contributed by atoms with van der Waals surface area (Å²) in [4.78, 5) is -0.252. The van der Waals surface area contributed by atoms with Crippen LogP contribution < -0.4 is 4.72 Å². The number of nitrogens with one attached hydrogen (secondary N) is 1. The topological polar surface area (TPSA) is 101 Å². The second kappa shape index (κ2) is 6.91. The third-order valence-corrected chi connectivity index (χ3v) is 7.34. The number of rotatable bonds is 4. The van der Waals surface area contributed by atoms with Crippen LogP contribution >= 0.6 is 10.7 Å². The molecular weight excluding hydrogens is 434 g/mol. The first-order valence-corrected chi connectivity index (χ1v) is 12.2. The van der Waals surface area contributed by atoms with Gasteiger partial charge in [-0.3, -0.25) is 4.72 Å². The van der Waals surface area contributed by atoms with Gasteiger partial charge in [0, 0.05) is 32.2 Å². The minimum absolute atomic E-state index is 0.0330. The number of phenolic OH excluding ortho intramolecular Hbond substituents is 1. The molecule has 0 atom stereocenters. The summed E-state index contributed by atoms with van der Waals surface area (Å²) in [7, 11) is -2.63. The van der Waals surface area contributed by atoms with Crippen molar-refractivity contribution < 1.29 is 21.9 Å². The summed E-state index contributed by atoms with van der Waals surface area (Å²) in [6, 6.07) is 18.3. The molecule has 148 valence electrons. The van der Waals surface area contributed by atoms with Crippen LogP contribution in [0.25, 0.3) is 21.5 Å². The summed E-state index contributed by atoms with van der Waals surface area (Å²) in [6.45, 7) is 0. The van der Waals surface area contributed by atoms with Crippen LogP contribution in [0.4, 0.5) is 5.69 Å². The van der Waals surface area contributed by atoms with E-state index in [0.29, 0.717) is 10.8 Å². The fraction of sp³-hybridized carbons (Fsp3) is 0. The quantitative estimate of drug-likeness (QED) is 0.451. The molecule has 0 radical (unpaired) electrons. The van der Waals surface area contributed by atoms with Crippen molar-refractivity contribution in [1.82, 2.24) is 0 Å². The van der Waals surface area contributed by atoms with Crippen molar-refractivity contribution in [1.29, 1.82) is 0 Å². The van der Waals surface area contributed by atoms with Gasteiger partial charge >= 0.3 is 0 Å². The summed E-state index contributed by atoms with van der Waals surface area (Å²) >= 11 is 0. The number of aromatic hydroxyl groups is 1. The van der Waals surface area contributed by atoms with Crippen LogP contribution in [0.2, 0.25) is 0 Å². The largest absolute Gasteiger partial charge is 0.507 e. The van der Waals surface area contributed by atoms with E-state index in [1.165, 1.54) is 42.5 Å². The molecule has 4 aromatic carbocycles. The van der Waals surface area contributed by atoms with Crippen LogP contribution in [0.15, 0.2) is 82.6 Å². The van der Waals surface area contributed by atoms with Gasteiger partial charge in [0.1, 0.15) is 5.75 Å². The van der Waals surface area contributed by atoms with Gasteiger partial charge in [0.15, 0.2) is 0 Å². The maximum atomic E-state index is 13.1. The van der Waals surface area contributed by atoms with Crippen molar-refractivity contribution in [3.63, 3.8) is 0 Å². The molecule has 29 heavy (non-hydrogen) atoms. The molecule has 9 heteroatoms. The van der Waals surface area contributed by atoms with Gasteiger partial charge in [0.05, 0.1) is 15.5 Å². The molecule has 0 saturated heterocycles. The van der Waals surface area contributed by atoms with E-state index in [4.69, 9.17) is 10.7 Å². The fourth-order valence-electron chi connectivity index (χ4n) is 3.28. The molecule has 0 saturated carbocycles. The fourth-order valence-corrected chi connectivity index (χ4v) is 5.67. The summed E-state index contributed by atoms with van der Waals surface area (Å²) in [6.07, 6.45) is 0. The standard InChI is InChI=1S/C20H14ClNO5S2/c21-28(24,25)19-11-3-8-16-15(19)7-4-12-20(16)29(26,27)22-17-9-1-6-14-13(17)5-2-10-18(14)23/h1-12,22-23H. The molecule has 0 aliphatic rings. The lowest BCUT2D eigenvalue weighted by molar-refractivity contribution is 0.481. The molecule has 0 unspecified atom stereocenters. The monoisotopic (exact) mass is 447 g/mol. The molecule has 0 aliphatic carbocycles. The normalized spacial score (nSPS) is 12.3. The Morgan fingerprint density at radius 3 is 1.86 bits per heavy atom. The number of fused-ring (bicyclic) bond motifs is 2. The van der Waals surface area contributed by atoms with Gasteiger partial charge in [-0.05, 0) is 24.3 Å². The van der Waals surface area contributed by atoms with Gasteiger partial charge < -0.3 is 5.11 Å². The maximum Gasteiger partial charge on any atom is 0.262 e. The van der Waals surface area contributed by atoms with Crippen LogP contribution in [-0.2, 0) is 19.1 Å². The van der Waals surface area contributed by atoms with E-state index in [1.54, 1.807) is 30.3 Å². The highest BCUT2D eigenvalue weighted by molar-refractivity contribution is 8.14. The Bertz CT molecular complexity index is 1480. The second-order valence-electron chi connectivity index (χ2n) is 6.33. The summed E-state index contributed by atoms with van der Waals surface area (Å²) in [5.74, 6) is 0.0330. The zero-order chi connectivity index (χ0) is 20.8. The van der Waals surface area contributed by atoms with Crippen LogP contribution in [0, 0.1) is 0 Å². The van der Waals surface area contributed by atoms with Crippen LogP contribution in [0.1, 0.15) is 0 Å². The van der Waals surface area contributed by atoms with E-state index < -0.39 is 19.1 Å². The highest BCUT2D eigenvalue weighted by Gasteiger charge is 2.22. The number of anilines is 1. The van der Waals surface area contributed by atoms with Crippen molar-refractivity contribution in [2.24, 2.45) is 0 Å². The van der Waals surface area contributed by atoms with Crippen molar-refractivity contribution in [2.75, 3.05) is 4.72 Å². The van der Waals surface area contributed by atoms with Crippen LogP contribution in [-0.4, -0.2) is 21.9 Å². The van der Waals surface area contributed by atoms with Gasteiger partial charge in [0.2, 0.25) is 0 Å².